The quantitative estimate of drug-likeness (QED) is 0.401. The summed E-state index contributed by atoms with van der Waals surface area (Å²) in [6.45, 7) is 7.19. The van der Waals surface area contributed by atoms with Crippen molar-refractivity contribution in [2.75, 3.05) is 18.5 Å². The molecular formula is C21H21ClN4O4. The smallest absolute Gasteiger partial charge is 0.325 e. The Hall–Kier alpha value is -3.39. The summed E-state index contributed by atoms with van der Waals surface area (Å²) in [4.78, 5) is 42.4. The molecule has 2 aromatic rings. The van der Waals surface area contributed by atoms with Crippen LogP contribution in [0.25, 0.3) is 0 Å². The van der Waals surface area contributed by atoms with Gasteiger partial charge in [0.15, 0.2) is 0 Å². The SMILES string of the molecule is C=C(C)COc1ccc(C2(C)NC(=O)N(CC(=O)Nc3ccnc(Cl)c3)C2=O)cc1. The Labute approximate surface area is 178 Å². The number of nitrogens with one attached hydrogen (secondary N) is 2. The van der Waals surface area contributed by atoms with Gasteiger partial charge in [0.1, 0.15) is 29.6 Å². The van der Waals surface area contributed by atoms with E-state index < -0.39 is 29.9 Å². The van der Waals surface area contributed by atoms with Gasteiger partial charge >= 0.3 is 6.03 Å². The van der Waals surface area contributed by atoms with Gasteiger partial charge in [-0.25, -0.2) is 9.78 Å². The van der Waals surface area contributed by atoms with Gasteiger partial charge in [0.2, 0.25) is 5.91 Å². The first-order valence-electron chi connectivity index (χ1n) is 9.12. The third kappa shape index (κ3) is 4.60. The number of halogens is 1. The highest BCUT2D eigenvalue weighted by molar-refractivity contribution is 6.29. The standard InChI is InChI=1S/C21H21ClN4O4/c1-13(2)12-30-16-6-4-14(5-7-16)21(3)19(28)26(20(29)25-21)11-18(27)24-15-8-9-23-17(22)10-15/h4-10H,1,11-12H2,2-3H3,(H,25,29)(H,23,24,27). The average Bonchev–Trinajstić information content (AvgIpc) is 2.90. The molecule has 1 aromatic heterocycles. The van der Waals surface area contributed by atoms with Crippen molar-refractivity contribution in [3.8, 4) is 5.75 Å². The molecule has 30 heavy (non-hydrogen) atoms. The number of hydrogen-bond acceptors (Lipinski definition) is 5. The minimum absolute atomic E-state index is 0.214. The van der Waals surface area contributed by atoms with Crippen molar-refractivity contribution in [3.63, 3.8) is 0 Å². The van der Waals surface area contributed by atoms with Crippen molar-refractivity contribution in [2.45, 2.75) is 19.4 Å². The third-order valence-corrected chi connectivity index (χ3v) is 4.71. The van der Waals surface area contributed by atoms with Crippen molar-refractivity contribution >= 4 is 35.1 Å². The second-order valence-electron chi connectivity index (χ2n) is 7.13. The van der Waals surface area contributed by atoms with E-state index in [1.807, 2.05) is 6.92 Å². The summed E-state index contributed by atoms with van der Waals surface area (Å²) in [5.74, 6) is -0.436. The van der Waals surface area contributed by atoms with Crippen LogP contribution in [-0.4, -0.2) is 40.9 Å². The lowest BCUT2D eigenvalue weighted by Gasteiger charge is -2.22. The maximum absolute atomic E-state index is 13.0. The number of nitrogens with zero attached hydrogens (tertiary/aromatic N) is 2. The minimum Gasteiger partial charge on any atom is -0.489 e. The summed E-state index contributed by atoms with van der Waals surface area (Å²) < 4.78 is 5.56. The molecule has 1 unspecified atom stereocenters. The molecule has 0 aliphatic carbocycles. The van der Waals surface area contributed by atoms with Crippen molar-refractivity contribution in [3.05, 3.63) is 65.5 Å². The van der Waals surface area contributed by atoms with E-state index in [1.54, 1.807) is 37.3 Å². The number of carbonyl (C=O) groups is 3. The number of pyridine rings is 1. The molecule has 0 bridgehead atoms. The van der Waals surface area contributed by atoms with E-state index in [4.69, 9.17) is 16.3 Å². The normalized spacial score (nSPS) is 18.2. The zero-order chi connectivity index (χ0) is 21.9. The number of rotatable bonds is 7. The molecule has 1 aromatic carbocycles. The van der Waals surface area contributed by atoms with Crippen molar-refractivity contribution in [2.24, 2.45) is 0 Å². The van der Waals surface area contributed by atoms with Crippen LogP contribution in [-0.2, 0) is 15.1 Å². The molecule has 0 radical (unpaired) electrons. The van der Waals surface area contributed by atoms with Crippen LogP contribution in [0.5, 0.6) is 5.75 Å². The van der Waals surface area contributed by atoms with Crippen molar-refractivity contribution < 1.29 is 19.1 Å². The highest BCUT2D eigenvalue weighted by Gasteiger charge is 2.49. The van der Waals surface area contributed by atoms with Gasteiger partial charge in [-0.3, -0.25) is 14.5 Å². The monoisotopic (exact) mass is 428 g/mol. The Morgan fingerprint density at radius 1 is 1.30 bits per heavy atom. The Morgan fingerprint density at radius 3 is 2.63 bits per heavy atom. The number of urea groups is 1. The fraction of sp³-hybridized carbons (Fsp3) is 0.238. The molecule has 8 nitrogen and oxygen atoms in total. The van der Waals surface area contributed by atoms with Crippen LogP contribution in [0.1, 0.15) is 19.4 Å². The van der Waals surface area contributed by atoms with Crippen LogP contribution < -0.4 is 15.4 Å². The molecule has 0 saturated carbocycles. The second-order valence-corrected chi connectivity index (χ2v) is 7.52. The summed E-state index contributed by atoms with van der Waals surface area (Å²) >= 11 is 5.79. The molecular weight excluding hydrogens is 408 g/mol. The van der Waals surface area contributed by atoms with Crippen LogP contribution in [0, 0.1) is 0 Å². The van der Waals surface area contributed by atoms with Crippen LogP contribution in [0.3, 0.4) is 0 Å². The molecule has 1 fully saturated rings. The molecule has 2 N–H and O–H groups in total. The van der Waals surface area contributed by atoms with Crippen molar-refractivity contribution in [1.82, 2.24) is 15.2 Å². The zero-order valence-corrected chi connectivity index (χ0v) is 17.3. The van der Waals surface area contributed by atoms with E-state index in [-0.39, 0.29) is 5.15 Å². The van der Waals surface area contributed by atoms with Gasteiger partial charge in [0.05, 0.1) is 0 Å². The summed E-state index contributed by atoms with van der Waals surface area (Å²) in [6.07, 6.45) is 1.44. The molecule has 9 heteroatoms. The molecule has 2 heterocycles. The lowest BCUT2D eigenvalue weighted by molar-refractivity contribution is -0.133. The minimum atomic E-state index is -1.29. The molecule has 1 aliphatic rings. The Bertz CT molecular complexity index is 1010. The summed E-state index contributed by atoms with van der Waals surface area (Å²) in [5, 5.41) is 5.47. The van der Waals surface area contributed by atoms with Crippen LogP contribution in [0.2, 0.25) is 5.15 Å². The molecule has 1 saturated heterocycles. The molecule has 1 aliphatic heterocycles. The number of ether oxygens (including phenoxy) is 1. The second kappa shape index (κ2) is 8.54. The van der Waals surface area contributed by atoms with E-state index >= 15 is 0 Å². The number of aromatic nitrogens is 1. The number of imide groups is 1. The molecule has 3 rings (SSSR count). The number of anilines is 1. The third-order valence-electron chi connectivity index (χ3n) is 4.50. The van der Waals surface area contributed by atoms with E-state index in [0.29, 0.717) is 23.6 Å². The van der Waals surface area contributed by atoms with Crippen LogP contribution in [0.15, 0.2) is 54.7 Å². The van der Waals surface area contributed by atoms with Gasteiger partial charge in [0, 0.05) is 11.9 Å². The van der Waals surface area contributed by atoms with Gasteiger partial charge < -0.3 is 15.4 Å². The van der Waals surface area contributed by atoms with E-state index in [0.717, 1.165) is 10.5 Å². The number of benzene rings is 1. The van der Waals surface area contributed by atoms with Crippen LogP contribution in [0.4, 0.5) is 10.5 Å². The van der Waals surface area contributed by atoms with Crippen molar-refractivity contribution in [1.29, 1.82) is 0 Å². The predicted octanol–water partition coefficient (Wildman–Crippen LogP) is 3.10. The average molecular weight is 429 g/mol. The Balaban J connectivity index is 1.70. The lowest BCUT2D eigenvalue weighted by Crippen LogP contribution is -2.42. The molecule has 4 amide bonds. The largest absolute Gasteiger partial charge is 0.489 e. The van der Waals surface area contributed by atoms with Gasteiger partial charge in [0.25, 0.3) is 5.91 Å². The fourth-order valence-corrected chi connectivity index (χ4v) is 3.13. The molecule has 1 atom stereocenters. The maximum Gasteiger partial charge on any atom is 0.325 e. The molecule has 0 spiro atoms. The highest BCUT2D eigenvalue weighted by atomic mass is 35.5. The molecule has 156 valence electrons. The first-order chi connectivity index (χ1) is 14.2. The lowest BCUT2D eigenvalue weighted by atomic mass is 9.92. The summed E-state index contributed by atoms with van der Waals surface area (Å²) in [5.41, 5.74) is 0.587. The predicted molar refractivity (Wildman–Crippen MR) is 112 cm³/mol. The van der Waals surface area contributed by atoms with Gasteiger partial charge in [-0.1, -0.05) is 30.3 Å². The van der Waals surface area contributed by atoms with E-state index in [2.05, 4.69) is 22.2 Å². The zero-order valence-electron chi connectivity index (χ0n) is 16.6. The maximum atomic E-state index is 13.0. The van der Waals surface area contributed by atoms with E-state index in [1.165, 1.54) is 12.3 Å². The topological polar surface area (TPSA) is 101 Å². The first-order valence-corrected chi connectivity index (χ1v) is 9.50. The number of amides is 4. The van der Waals surface area contributed by atoms with Gasteiger partial charge in [-0.15, -0.1) is 0 Å². The van der Waals surface area contributed by atoms with E-state index in [9.17, 15) is 14.4 Å². The summed E-state index contributed by atoms with van der Waals surface area (Å²) in [6, 6.07) is 9.21. The first kappa shape index (κ1) is 21.3. The van der Waals surface area contributed by atoms with Crippen LogP contribution >= 0.6 is 11.6 Å². The highest BCUT2D eigenvalue weighted by Crippen LogP contribution is 2.30. The number of hydrogen-bond donors (Lipinski definition) is 2. The summed E-state index contributed by atoms with van der Waals surface area (Å²) in [7, 11) is 0. The van der Waals surface area contributed by atoms with Gasteiger partial charge in [-0.2, -0.15) is 0 Å². The fourth-order valence-electron chi connectivity index (χ4n) is 2.95. The Morgan fingerprint density at radius 2 is 2.00 bits per heavy atom. The number of carbonyl (C=O) groups excluding carboxylic acids is 3. The van der Waals surface area contributed by atoms with Gasteiger partial charge in [-0.05, 0) is 49.2 Å². The Kier molecular flexibility index (Phi) is 6.07.